The van der Waals surface area contributed by atoms with Gasteiger partial charge in [-0.15, -0.1) is 12.6 Å². The lowest BCUT2D eigenvalue weighted by molar-refractivity contribution is -0.388. The van der Waals surface area contributed by atoms with Gasteiger partial charge in [-0.05, 0) is 19.1 Å². The Morgan fingerprint density at radius 3 is 2.58 bits per heavy atom. The fraction of sp³-hybridized carbons (Fsp3) is 0.143. The Morgan fingerprint density at radius 1 is 1.58 bits per heavy atom. The van der Waals surface area contributed by atoms with Crippen molar-refractivity contribution >= 4 is 29.9 Å². The number of nitrogens with zero attached hydrogens (tertiary/aromatic N) is 1. The Labute approximate surface area is 79.9 Å². The van der Waals surface area contributed by atoms with Gasteiger partial charge in [0, 0.05) is 5.56 Å². The number of hydrogen-bond donors (Lipinski definition) is 1. The van der Waals surface area contributed by atoms with Crippen LogP contribution in [0.5, 0.6) is 0 Å². The molecule has 12 heavy (non-hydrogen) atoms. The zero-order valence-corrected chi connectivity index (χ0v) is 7.89. The highest BCUT2D eigenvalue weighted by molar-refractivity contribution is 7.80. The van der Waals surface area contributed by atoms with Crippen LogP contribution in [0.4, 0.5) is 5.69 Å². The second kappa shape index (κ2) is 3.33. The molecule has 0 aliphatic carbocycles. The van der Waals surface area contributed by atoms with E-state index in [0.717, 1.165) is 0 Å². The van der Waals surface area contributed by atoms with Crippen molar-refractivity contribution in [2.45, 2.75) is 11.8 Å². The summed E-state index contributed by atoms with van der Waals surface area (Å²) in [5.74, 6) is 0. The quantitative estimate of drug-likeness (QED) is 0.433. The lowest BCUT2D eigenvalue weighted by Crippen LogP contribution is -1.93. The highest BCUT2D eigenvalue weighted by atomic mass is 35.5. The molecule has 0 N–H and O–H groups in total. The van der Waals surface area contributed by atoms with E-state index in [1.54, 1.807) is 13.0 Å². The molecule has 0 amide bonds. The summed E-state index contributed by atoms with van der Waals surface area (Å²) in [6, 6.07) is 3.10. The number of nitro benzene ring substituents is 1. The van der Waals surface area contributed by atoms with Crippen molar-refractivity contribution in [3.63, 3.8) is 0 Å². The summed E-state index contributed by atoms with van der Waals surface area (Å²) < 4.78 is 0. The molecule has 64 valence electrons. The molecule has 0 atom stereocenters. The Morgan fingerprint density at radius 2 is 2.17 bits per heavy atom. The molecule has 0 heterocycles. The average Bonchev–Trinajstić information content (AvgIpc) is 1.97. The first-order valence-corrected chi connectivity index (χ1v) is 3.99. The van der Waals surface area contributed by atoms with Crippen LogP contribution in [0.25, 0.3) is 0 Å². The molecule has 0 aliphatic heterocycles. The predicted octanol–water partition coefficient (Wildman–Crippen LogP) is 2.85. The summed E-state index contributed by atoms with van der Waals surface area (Å²) >= 11 is 9.65. The van der Waals surface area contributed by atoms with Crippen molar-refractivity contribution in [1.82, 2.24) is 0 Å². The van der Waals surface area contributed by atoms with Gasteiger partial charge in [-0.3, -0.25) is 10.1 Å². The molecular weight excluding hydrogens is 198 g/mol. The average molecular weight is 204 g/mol. The standard InChI is InChI=1S/C7H6ClNO2S/c1-4-5(8)2-3-6(12)7(4)9(10)11/h2-3,12H,1H3. The molecule has 1 aromatic rings. The summed E-state index contributed by atoms with van der Waals surface area (Å²) in [4.78, 5) is 10.3. The molecule has 0 saturated carbocycles. The van der Waals surface area contributed by atoms with E-state index in [1.165, 1.54) is 6.07 Å². The van der Waals surface area contributed by atoms with E-state index in [-0.39, 0.29) is 5.69 Å². The van der Waals surface area contributed by atoms with E-state index in [4.69, 9.17) is 11.6 Å². The Kier molecular flexibility index (Phi) is 2.59. The van der Waals surface area contributed by atoms with Crippen LogP contribution >= 0.6 is 24.2 Å². The second-order valence-corrected chi connectivity index (χ2v) is 3.19. The molecule has 0 saturated heterocycles. The van der Waals surface area contributed by atoms with Crippen molar-refractivity contribution < 1.29 is 4.92 Å². The highest BCUT2D eigenvalue weighted by Crippen LogP contribution is 2.31. The normalized spacial score (nSPS) is 9.92. The van der Waals surface area contributed by atoms with Crippen LogP contribution in [0.15, 0.2) is 17.0 Å². The minimum atomic E-state index is -0.483. The second-order valence-electron chi connectivity index (χ2n) is 2.30. The van der Waals surface area contributed by atoms with Crippen molar-refractivity contribution in [3.05, 3.63) is 32.8 Å². The molecule has 0 unspecified atom stereocenters. The molecule has 0 aliphatic rings. The maximum Gasteiger partial charge on any atom is 0.286 e. The summed E-state index contributed by atoms with van der Waals surface area (Å²) in [5, 5.41) is 10.9. The first-order chi connectivity index (χ1) is 5.54. The summed E-state index contributed by atoms with van der Waals surface area (Å²) in [6.07, 6.45) is 0. The number of benzene rings is 1. The molecule has 5 heteroatoms. The van der Waals surface area contributed by atoms with E-state index >= 15 is 0 Å². The zero-order valence-electron chi connectivity index (χ0n) is 6.24. The first kappa shape index (κ1) is 9.35. The van der Waals surface area contributed by atoms with Gasteiger partial charge in [0.1, 0.15) is 0 Å². The number of rotatable bonds is 1. The van der Waals surface area contributed by atoms with Crippen LogP contribution in [0.1, 0.15) is 5.56 Å². The van der Waals surface area contributed by atoms with Crippen LogP contribution in [0.3, 0.4) is 0 Å². The van der Waals surface area contributed by atoms with Crippen LogP contribution < -0.4 is 0 Å². The summed E-state index contributed by atoms with van der Waals surface area (Å²) in [6.45, 7) is 1.60. The predicted molar refractivity (Wildman–Crippen MR) is 50.1 cm³/mol. The number of hydrogen-bond acceptors (Lipinski definition) is 3. The van der Waals surface area contributed by atoms with E-state index in [1.807, 2.05) is 0 Å². The molecule has 1 rings (SSSR count). The van der Waals surface area contributed by atoms with Crippen LogP contribution in [0.2, 0.25) is 5.02 Å². The van der Waals surface area contributed by atoms with Gasteiger partial charge in [-0.1, -0.05) is 11.6 Å². The number of nitro groups is 1. The van der Waals surface area contributed by atoms with Gasteiger partial charge in [0.25, 0.3) is 5.69 Å². The third-order valence-electron chi connectivity index (χ3n) is 1.53. The molecular formula is C7H6ClNO2S. The molecule has 0 fully saturated rings. The van der Waals surface area contributed by atoms with Gasteiger partial charge in [0.15, 0.2) is 0 Å². The van der Waals surface area contributed by atoms with Gasteiger partial charge in [0.2, 0.25) is 0 Å². The molecule has 0 radical (unpaired) electrons. The van der Waals surface area contributed by atoms with Crippen LogP contribution in [-0.4, -0.2) is 4.92 Å². The number of thiol groups is 1. The van der Waals surface area contributed by atoms with E-state index < -0.39 is 4.92 Å². The van der Waals surface area contributed by atoms with Gasteiger partial charge in [0.05, 0.1) is 14.8 Å². The summed E-state index contributed by atoms with van der Waals surface area (Å²) in [5.41, 5.74) is 0.431. The first-order valence-electron chi connectivity index (χ1n) is 3.16. The van der Waals surface area contributed by atoms with Gasteiger partial charge >= 0.3 is 0 Å². The lowest BCUT2D eigenvalue weighted by Gasteiger charge is -2.01. The van der Waals surface area contributed by atoms with Gasteiger partial charge in [-0.2, -0.15) is 0 Å². The topological polar surface area (TPSA) is 43.1 Å². The van der Waals surface area contributed by atoms with Crippen molar-refractivity contribution in [1.29, 1.82) is 0 Å². The molecule has 3 nitrogen and oxygen atoms in total. The maximum atomic E-state index is 10.5. The largest absolute Gasteiger partial charge is 0.286 e. The molecule has 0 spiro atoms. The maximum absolute atomic E-state index is 10.5. The fourth-order valence-corrected chi connectivity index (χ4v) is 1.37. The Balaban J connectivity index is 3.43. The van der Waals surface area contributed by atoms with Crippen LogP contribution in [0, 0.1) is 17.0 Å². The highest BCUT2D eigenvalue weighted by Gasteiger charge is 2.16. The Bertz CT molecular complexity index is 340. The SMILES string of the molecule is Cc1c(Cl)ccc(S)c1[N+](=O)[O-]. The van der Waals surface area contributed by atoms with Crippen LogP contribution in [-0.2, 0) is 0 Å². The van der Waals surface area contributed by atoms with Gasteiger partial charge < -0.3 is 0 Å². The minimum Gasteiger partial charge on any atom is -0.258 e. The van der Waals surface area contributed by atoms with Crippen molar-refractivity contribution in [3.8, 4) is 0 Å². The van der Waals surface area contributed by atoms with E-state index in [2.05, 4.69) is 12.6 Å². The monoisotopic (exact) mass is 203 g/mol. The van der Waals surface area contributed by atoms with E-state index in [0.29, 0.717) is 15.5 Å². The van der Waals surface area contributed by atoms with Crippen molar-refractivity contribution in [2.75, 3.05) is 0 Å². The smallest absolute Gasteiger partial charge is 0.258 e. The summed E-state index contributed by atoms with van der Waals surface area (Å²) in [7, 11) is 0. The number of halogens is 1. The molecule has 0 bridgehead atoms. The zero-order chi connectivity index (χ0) is 9.30. The Hall–Kier alpha value is -0.740. The third kappa shape index (κ3) is 1.54. The van der Waals surface area contributed by atoms with Crippen molar-refractivity contribution in [2.24, 2.45) is 0 Å². The fourth-order valence-electron chi connectivity index (χ4n) is 0.892. The molecule has 1 aromatic carbocycles. The third-order valence-corrected chi connectivity index (χ3v) is 2.30. The minimum absolute atomic E-state index is 0.0224. The van der Waals surface area contributed by atoms with Gasteiger partial charge in [-0.25, -0.2) is 0 Å². The molecule has 0 aromatic heterocycles. The lowest BCUT2D eigenvalue weighted by atomic mass is 10.2. The van der Waals surface area contributed by atoms with E-state index in [9.17, 15) is 10.1 Å².